The van der Waals surface area contributed by atoms with Crippen LogP contribution in [0, 0.1) is 12.7 Å². The van der Waals surface area contributed by atoms with Gasteiger partial charge in [-0.1, -0.05) is 48.0 Å². The van der Waals surface area contributed by atoms with Crippen molar-refractivity contribution in [2.45, 2.75) is 38.9 Å². The number of aryl methyl sites for hydroxylation is 1. The Morgan fingerprint density at radius 2 is 1.92 bits per heavy atom. The van der Waals surface area contributed by atoms with Gasteiger partial charge in [-0.2, -0.15) is 0 Å². The number of amides is 2. The fourth-order valence-electron chi connectivity index (χ4n) is 3.36. The van der Waals surface area contributed by atoms with E-state index in [1.54, 1.807) is 18.2 Å². The van der Waals surface area contributed by atoms with E-state index >= 15 is 0 Å². The molecule has 1 saturated heterocycles. The third-order valence-electron chi connectivity index (χ3n) is 4.81. The Morgan fingerprint density at radius 3 is 2.65 bits per heavy atom. The predicted molar refractivity (Wildman–Crippen MR) is 101 cm³/mol. The van der Waals surface area contributed by atoms with Crippen molar-refractivity contribution in [3.05, 3.63) is 71.0 Å². The molecule has 2 aromatic carbocycles. The number of urea groups is 1. The molecular weight excluding hydrogens is 329 g/mol. The summed E-state index contributed by atoms with van der Waals surface area (Å²) in [6, 6.07) is 15.0. The standard InChI is InChI=1S/C21H26FN3O/c1-16-5-4-6-17(13-16)15-25-11-9-19(10-12-25)24-21(26)23-14-18-7-2-3-8-20(18)22/h2-8,13,19H,9-12,14-15H2,1H3,(H2,23,24,26). The number of hydrogen-bond donors (Lipinski definition) is 2. The highest BCUT2D eigenvalue weighted by Gasteiger charge is 2.20. The molecule has 26 heavy (non-hydrogen) atoms. The number of nitrogens with one attached hydrogen (secondary N) is 2. The van der Waals surface area contributed by atoms with Crippen LogP contribution >= 0.6 is 0 Å². The van der Waals surface area contributed by atoms with E-state index in [2.05, 4.69) is 46.7 Å². The first kappa shape index (κ1) is 18.4. The lowest BCUT2D eigenvalue weighted by Gasteiger charge is -2.32. The Hall–Kier alpha value is -2.40. The summed E-state index contributed by atoms with van der Waals surface area (Å²) in [4.78, 5) is 14.5. The third kappa shape index (κ3) is 5.30. The monoisotopic (exact) mass is 355 g/mol. The fraction of sp³-hybridized carbons (Fsp3) is 0.381. The predicted octanol–water partition coefficient (Wildman–Crippen LogP) is 3.60. The highest BCUT2D eigenvalue weighted by atomic mass is 19.1. The number of likely N-dealkylation sites (tertiary alicyclic amines) is 1. The van der Waals surface area contributed by atoms with Gasteiger partial charge < -0.3 is 10.6 Å². The molecule has 0 radical (unpaired) electrons. The van der Waals surface area contributed by atoms with Gasteiger partial charge >= 0.3 is 6.03 Å². The zero-order valence-electron chi connectivity index (χ0n) is 15.2. The Morgan fingerprint density at radius 1 is 1.15 bits per heavy atom. The molecule has 1 fully saturated rings. The van der Waals surface area contributed by atoms with Gasteiger partial charge in [-0.25, -0.2) is 9.18 Å². The summed E-state index contributed by atoms with van der Waals surface area (Å²) in [6.07, 6.45) is 1.86. The second-order valence-corrected chi connectivity index (χ2v) is 6.96. The van der Waals surface area contributed by atoms with Crippen LogP contribution in [-0.2, 0) is 13.1 Å². The van der Waals surface area contributed by atoms with E-state index in [1.165, 1.54) is 17.2 Å². The van der Waals surface area contributed by atoms with Crippen molar-refractivity contribution in [1.29, 1.82) is 0 Å². The van der Waals surface area contributed by atoms with Crippen LogP contribution in [-0.4, -0.2) is 30.1 Å². The lowest BCUT2D eigenvalue weighted by molar-refractivity contribution is 0.186. The maximum absolute atomic E-state index is 13.6. The van der Waals surface area contributed by atoms with E-state index in [0.717, 1.165) is 32.5 Å². The van der Waals surface area contributed by atoms with Gasteiger partial charge in [0.15, 0.2) is 0 Å². The van der Waals surface area contributed by atoms with E-state index in [9.17, 15) is 9.18 Å². The summed E-state index contributed by atoms with van der Waals surface area (Å²) in [5.41, 5.74) is 3.11. The van der Waals surface area contributed by atoms with Gasteiger partial charge in [0.2, 0.25) is 0 Å². The van der Waals surface area contributed by atoms with Gasteiger partial charge in [0.05, 0.1) is 0 Å². The highest BCUT2D eigenvalue weighted by molar-refractivity contribution is 5.74. The maximum atomic E-state index is 13.6. The molecule has 0 bridgehead atoms. The van der Waals surface area contributed by atoms with E-state index < -0.39 is 0 Å². The number of carbonyl (C=O) groups is 1. The average molecular weight is 355 g/mol. The van der Waals surface area contributed by atoms with Crippen LogP contribution < -0.4 is 10.6 Å². The second kappa shape index (κ2) is 8.81. The molecule has 0 aliphatic carbocycles. The van der Waals surface area contributed by atoms with E-state index in [0.29, 0.717) is 5.56 Å². The molecule has 0 atom stereocenters. The minimum Gasteiger partial charge on any atom is -0.335 e. The van der Waals surface area contributed by atoms with Gasteiger partial charge in [-0.05, 0) is 31.4 Å². The first-order chi connectivity index (χ1) is 12.6. The fourth-order valence-corrected chi connectivity index (χ4v) is 3.36. The van der Waals surface area contributed by atoms with Gasteiger partial charge in [0.1, 0.15) is 5.82 Å². The van der Waals surface area contributed by atoms with Crippen LogP contribution in [0.3, 0.4) is 0 Å². The summed E-state index contributed by atoms with van der Waals surface area (Å²) in [5, 5.41) is 5.74. The van der Waals surface area contributed by atoms with Crippen molar-refractivity contribution in [3.8, 4) is 0 Å². The zero-order valence-corrected chi connectivity index (χ0v) is 15.2. The molecule has 1 heterocycles. The zero-order chi connectivity index (χ0) is 18.4. The van der Waals surface area contributed by atoms with Crippen molar-refractivity contribution in [3.63, 3.8) is 0 Å². The Balaban J connectivity index is 1.39. The Bertz CT molecular complexity index is 742. The number of hydrogen-bond acceptors (Lipinski definition) is 2. The largest absolute Gasteiger partial charge is 0.335 e. The molecule has 2 N–H and O–H groups in total. The summed E-state index contributed by atoms with van der Waals surface area (Å²) < 4.78 is 13.6. The minimum atomic E-state index is -0.294. The van der Waals surface area contributed by atoms with Crippen molar-refractivity contribution in [1.82, 2.24) is 15.5 Å². The number of rotatable bonds is 5. The molecule has 0 unspecified atom stereocenters. The van der Waals surface area contributed by atoms with Crippen LogP contribution in [0.4, 0.5) is 9.18 Å². The molecule has 0 aromatic heterocycles. The summed E-state index contributed by atoms with van der Waals surface area (Å²) in [5.74, 6) is -0.294. The molecule has 0 saturated carbocycles. The molecular formula is C21H26FN3O. The molecule has 1 aliphatic rings. The van der Waals surface area contributed by atoms with Crippen LogP contribution in [0.15, 0.2) is 48.5 Å². The number of halogens is 1. The second-order valence-electron chi connectivity index (χ2n) is 6.96. The van der Waals surface area contributed by atoms with Crippen LogP contribution in [0.5, 0.6) is 0 Å². The topological polar surface area (TPSA) is 44.4 Å². The van der Waals surface area contributed by atoms with Crippen LogP contribution in [0.2, 0.25) is 0 Å². The maximum Gasteiger partial charge on any atom is 0.315 e. The highest BCUT2D eigenvalue weighted by Crippen LogP contribution is 2.15. The SMILES string of the molecule is Cc1cccc(CN2CCC(NC(=O)NCc3ccccc3F)CC2)c1. The van der Waals surface area contributed by atoms with Gasteiger partial charge in [-0.3, -0.25) is 4.90 Å². The molecule has 1 aliphatic heterocycles. The summed E-state index contributed by atoms with van der Waals surface area (Å²) >= 11 is 0. The number of carbonyl (C=O) groups excluding carboxylic acids is 1. The molecule has 4 nitrogen and oxygen atoms in total. The first-order valence-electron chi connectivity index (χ1n) is 9.16. The smallest absolute Gasteiger partial charge is 0.315 e. The summed E-state index contributed by atoms with van der Waals surface area (Å²) in [7, 11) is 0. The summed E-state index contributed by atoms with van der Waals surface area (Å²) in [6.45, 7) is 5.19. The molecule has 138 valence electrons. The average Bonchev–Trinajstić information content (AvgIpc) is 2.63. The molecule has 5 heteroatoms. The number of nitrogens with zero attached hydrogens (tertiary/aromatic N) is 1. The van der Waals surface area contributed by atoms with Gasteiger partial charge in [0, 0.05) is 37.8 Å². The lowest BCUT2D eigenvalue weighted by atomic mass is 10.0. The molecule has 2 amide bonds. The van der Waals surface area contributed by atoms with Gasteiger partial charge in [-0.15, -0.1) is 0 Å². The van der Waals surface area contributed by atoms with Crippen LogP contribution in [0.1, 0.15) is 29.5 Å². The minimum absolute atomic E-state index is 0.171. The number of benzene rings is 2. The molecule has 3 rings (SSSR count). The lowest BCUT2D eigenvalue weighted by Crippen LogP contribution is -2.47. The van der Waals surface area contributed by atoms with Crippen molar-refractivity contribution in [2.24, 2.45) is 0 Å². The van der Waals surface area contributed by atoms with Crippen molar-refractivity contribution in [2.75, 3.05) is 13.1 Å². The normalized spacial score (nSPS) is 15.6. The third-order valence-corrected chi connectivity index (χ3v) is 4.81. The molecule has 0 spiro atoms. The molecule has 2 aromatic rings. The van der Waals surface area contributed by atoms with E-state index in [-0.39, 0.29) is 24.4 Å². The first-order valence-corrected chi connectivity index (χ1v) is 9.16. The Labute approximate surface area is 154 Å². The van der Waals surface area contributed by atoms with Crippen molar-refractivity contribution >= 4 is 6.03 Å². The van der Waals surface area contributed by atoms with Crippen molar-refractivity contribution < 1.29 is 9.18 Å². The van der Waals surface area contributed by atoms with E-state index in [4.69, 9.17) is 0 Å². The Kier molecular flexibility index (Phi) is 6.23. The van der Waals surface area contributed by atoms with Crippen LogP contribution in [0.25, 0.3) is 0 Å². The van der Waals surface area contributed by atoms with E-state index in [1.807, 2.05) is 0 Å². The number of piperidine rings is 1. The van der Waals surface area contributed by atoms with Gasteiger partial charge in [0.25, 0.3) is 0 Å². The quantitative estimate of drug-likeness (QED) is 0.861.